The number of carbonyl (C=O) groups excluding carboxylic acids is 1. The van der Waals surface area contributed by atoms with Gasteiger partial charge in [0.15, 0.2) is 0 Å². The summed E-state index contributed by atoms with van der Waals surface area (Å²) in [5, 5.41) is 10.6. The molecule has 0 bridgehead atoms. The molecule has 1 aromatic heterocycles. The standard InChI is InChI=1S/C28H37N5O4S2/c1-4-33-19-21-11-14-39(36,37)32(3)25-16-22(17-26(33)27(21)25)28(34)30-23(15-20-9-7-6-8-10-20)24(31-35)18-29-12-13-38-5-2/h6-10,16-17,19,23-24,29H,4-5,11-15,18H2,1-3H3,(H,30,34)/t23-,24+/m0/s1. The minimum absolute atomic E-state index is 0.0120. The van der Waals surface area contributed by atoms with Gasteiger partial charge in [0.05, 0.1) is 23.0 Å². The first kappa shape index (κ1) is 29.1. The smallest absolute Gasteiger partial charge is 0.251 e. The fourth-order valence-electron chi connectivity index (χ4n) is 5.04. The number of anilines is 1. The van der Waals surface area contributed by atoms with Crippen molar-refractivity contribution in [2.45, 2.75) is 45.3 Å². The summed E-state index contributed by atoms with van der Waals surface area (Å²) >= 11 is 1.81. The van der Waals surface area contributed by atoms with E-state index >= 15 is 0 Å². The second-order valence-electron chi connectivity index (χ2n) is 9.71. The first-order valence-corrected chi connectivity index (χ1v) is 16.1. The fourth-order valence-corrected chi connectivity index (χ4v) is 6.81. The topological polar surface area (TPSA) is 113 Å². The van der Waals surface area contributed by atoms with Gasteiger partial charge in [-0.2, -0.15) is 16.7 Å². The van der Waals surface area contributed by atoms with Gasteiger partial charge < -0.3 is 15.2 Å². The average Bonchev–Trinajstić information content (AvgIpc) is 3.27. The number of aromatic nitrogens is 1. The Kier molecular flexibility index (Phi) is 9.68. The SMILES string of the molecule is CCSCCNC[C@@H](N=O)[C@H](Cc1ccccc1)NC(=O)c1cc2c3c(cn(CC)c3c1)CCS(=O)(=O)N2C. The van der Waals surface area contributed by atoms with E-state index in [1.807, 2.05) is 65.8 Å². The van der Waals surface area contributed by atoms with Crippen molar-refractivity contribution in [2.24, 2.45) is 5.18 Å². The molecule has 0 saturated carbocycles. The lowest BCUT2D eigenvalue weighted by molar-refractivity contribution is 0.0930. The van der Waals surface area contributed by atoms with Crippen LogP contribution >= 0.6 is 11.8 Å². The van der Waals surface area contributed by atoms with Gasteiger partial charge in [0.1, 0.15) is 6.04 Å². The number of thioether (sulfide) groups is 1. The molecule has 2 atom stereocenters. The zero-order chi connectivity index (χ0) is 28.0. The van der Waals surface area contributed by atoms with Crippen molar-refractivity contribution in [1.29, 1.82) is 0 Å². The first-order valence-electron chi connectivity index (χ1n) is 13.4. The minimum atomic E-state index is -3.52. The molecule has 0 fully saturated rings. The van der Waals surface area contributed by atoms with Gasteiger partial charge in [-0.1, -0.05) is 42.4 Å². The largest absolute Gasteiger partial charge is 0.347 e. The maximum Gasteiger partial charge on any atom is 0.251 e. The molecule has 0 unspecified atom stereocenters. The molecule has 3 aromatic rings. The molecular formula is C28H37N5O4S2. The van der Waals surface area contributed by atoms with E-state index in [0.717, 1.165) is 40.1 Å². The van der Waals surface area contributed by atoms with Crippen LogP contribution in [0.5, 0.6) is 0 Å². The molecule has 0 saturated heterocycles. The summed E-state index contributed by atoms with van der Waals surface area (Å²) in [5.41, 5.74) is 3.60. The summed E-state index contributed by atoms with van der Waals surface area (Å²) in [6, 6.07) is 11.9. The normalized spacial score (nSPS) is 16.0. The lowest BCUT2D eigenvalue weighted by atomic mass is 9.98. The van der Waals surface area contributed by atoms with Gasteiger partial charge in [-0.25, -0.2) is 8.42 Å². The molecule has 210 valence electrons. The number of rotatable bonds is 13. The van der Waals surface area contributed by atoms with Crippen molar-refractivity contribution in [3.05, 3.63) is 70.3 Å². The van der Waals surface area contributed by atoms with E-state index in [2.05, 4.69) is 22.7 Å². The first-order chi connectivity index (χ1) is 18.8. The fraction of sp³-hybridized carbons (Fsp3) is 0.464. The number of amides is 1. The maximum absolute atomic E-state index is 13.7. The van der Waals surface area contributed by atoms with E-state index in [9.17, 15) is 18.1 Å². The van der Waals surface area contributed by atoms with E-state index in [0.29, 0.717) is 37.2 Å². The van der Waals surface area contributed by atoms with Gasteiger partial charge in [-0.05, 0) is 48.8 Å². The van der Waals surface area contributed by atoms with E-state index in [4.69, 9.17) is 0 Å². The van der Waals surface area contributed by atoms with Gasteiger partial charge in [0.2, 0.25) is 10.0 Å². The Balaban J connectivity index is 1.66. The Bertz CT molecular complexity index is 1410. The van der Waals surface area contributed by atoms with Crippen molar-refractivity contribution in [3.63, 3.8) is 0 Å². The molecule has 11 heteroatoms. The number of nitroso groups, excluding NO2 is 1. The molecule has 0 radical (unpaired) electrons. The van der Waals surface area contributed by atoms with E-state index in [-0.39, 0.29) is 11.7 Å². The predicted molar refractivity (Wildman–Crippen MR) is 160 cm³/mol. The Morgan fingerprint density at radius 2 is 1.95 bits per heavy atom. The maximum atomic E-state index is 13.7. The van der Waals surface area contributed by atoms with Crippen molar-refractivity contribution in [1.82, 2.24) is 15.2 Å². The molecule has 2 N–H and O–H groups in total. The molecular weight excluding hydrogens is 534 g/mol. The van der Waals surface area contributed by atoms with Gasteiger partial charge in [0, 0.05) is 49.6 Å². The Morgan fingerprint density at radius 1 is 1.18 bits per heavy atom. The monoisotopic (exact) mass is 571 g/mol. The molecule has 39 heavy (non-hydrogen) atoms. The Hall–Kier alpha value is -2.89. The Labute approximate surface area is 234 Å². The predicted octanol–water partition coefficient (Wildman–Crippen LogP) is 3.80. The zero-order valence-corrected chi connectivity index (χ0v) is 24.4. The molecule has 0 spiro atoms. The molecule has 2 heterocycles. The van der Waals surface area contributed by atoms with E-state index in [1.54, 1.807) is 6.07 Å². The van der Waals surface area contributed by atoms with Crippen molar-refractivity contribution in [3.8, 4) is 0 Å². The summed E-state index contributed by atoms with van der Waals surface area (Å²) < 4.78 is 29.1. The zero-order valence-electron chi connectivity index (χ0n) is 22.7. The van der Waals surface area contributed by atoms with Crippen molar-refractivity contribution < 1.29 is 13.2 Å². The van der Waals surface area contributed by atoms with Gasteiger partial charge >= 0.3 is 0 Å². The third-order valence-electron chi connectivity index (χ3n) is 7.22. The summed E-state index contributed by atoms with van der Waals surface area (Å²) in [7, 11) is -1.98. The second kappa shape index (κ2) is 13.0. The molecule has 9 nitrogen and oxygen atoms in total. The highest BCUT2D eigenvalue weighted by atomic mass is 32.2. The second-order valence-corrected chi connectivity index (χ2v) is 13.2. The number of hydrogen-bond acceptors (Lipinski definition) is 7. The van der Waals surface area contributed by atoms with Crippen LogP contribution in [0.2, 0.25) is 0 Å². The molecule has 1 aliphatic rings. The highest BCUT2D eigenvalue weighted by Crippen LogP contribution is 2.37. The number of nitrogens with zero attached hydrogens (tertiary/aromatic N) is 3. The van der Waals surface area contributed by atoms with Gasteiger partial charge in [-0.15, -0.1) is 0 Å². The number of benzene rings is 2. The molecule has 2 aromatic carbocycles. The lowest BCUT2D eigenvalue weighted by Gasteiger charge is -2.25. The highest BCUT2D eigenvalue weighted by Gasteiger charge is 2.30. The summed E-state index contributed by atoms with van der Waals surface area (Å²) in [6.45, 7) is 5.90. The molecule has 1 amide bonds. The van der Waals surface area contributed by atoms with Crippen molar-refractivity contribution >= 4 is 44.3 Å². The average molecular weight is 572 g/mol. The quantitative estimate of drug-likeness (QED) is 0.238. The minimum Gasteiger partial charge on any atom is -0.347 e. The third-order valence-corrected chi connectivity index (χ3v) is 9.88. The van der Waals surface area contributed by atoms with Gasteiger partial charge in [0.25, 0.3) is 5.91 Å². The molecule has 4 rings (SSSR count). The Morgan fingerprint density at radius 3 is 2.64 bits per heavy atom. The number of hydrogen-bond donors (Lipinski definition) is 2. The van der Waals surface area contributed by atoms with E-state index in [1.165, 1.54) is 11.4 Å². The number of carbonyl (C=O) groups is 1. The summed E-state index contributed by atoms with van der Waals surface area (Å²) in [5.74, 6) is 1.59. The van der Waals surface area contributed by atoms with Crippen LogP contribution in [0.4, 0.5) is 5.69 Å². The van der Waals surface area contributed by atoms with Crippen molar-refractivity contribution in [2.75, 3.05) is 41.7 Å². The van der Waals surface area contributed by atoms with Crippen LogP contribution in [0.1, 0.15) is 35.3 Å². The van der Waals surface area contributed by atoms with Crippen LogP contribution in [0.25, 0.3) is 10.9 Å². The summed E-state index contributed by atoms with van der Waals surface area (Å²) in [4.78, 5) is 25.7. The summed E-state index contributed by atoms with van der Waals surface area (Å²) in [6.07, 6.45) is 2.84. The van der Waals surface area contributed by atoms with Crippen LogP contribution in [-0.4, -0.2) is 68.4 Å². The number of aryl methyl sites for hydroxylation is 2. The highest BCUT2D eigenvalue weighted by molar-refractivity contribution is 7.99. The molecule has 0 aliphatic carbocycles. The molecule has 1 aliphatic heterocycles. The lowest BCUT2D eigenvalue weighted by Crippen LogP contribution is -2.48. The number of sulfonamides is 1. The number of nitrogens with one attached hydrogen (secondary N) is 2. The van der Waals surface area contributed by atoms with Crippen LogP contribution in [0, 0.1) is 4.91 Å². The van der Waals surface area contributed by atoms with Crippen LogP contribution < -0.4 is 14.9 Å². The van der Waals surface area contributed by atoms with E-state index < -0.39 is 22.1 Å². The van der Waals surface area contributed by atoms with Crippen LogP contribution in [0.15, 0.2) is 53.8 Å². The third kappa shape index (κ3) is 6.64. The van der Waals surface area contributed by atoms with Gasteiger partial charge in [-0.3, -0.25) is 9.10 Å². The van der Waals surface area contributed by atoms with Crippen LogP contribution in [0.3, 0.4) is 0 Å². The van der Waals surface area contributed by atoms with Crippen LogP contribution in [-0.2, 0) is 29.4 Å².